The highest BCUT2D eigenvalue weighted by molar-refractivity contribution is 7.11. The highest BCUT2D eigenvalue weighted by Gasteiger charge is 2.11. The van der Waals surface area contributed by atoms with E-state index in [0.717, 1.165) is 22.7 Å². The third kappa shape index (κ3) is 3.76. The fraction of sp³-hybridized carbons (Fsp3) is 0.143. The number of anilines is 1. The maximum absolute atomic E-state index is 9.53. The number of nitriles is 1. The summed E-state index contributed by atoms with van der Waals surface area (Å²) in [5, 5.41) is 15.3. The topological polar surface area (TPSA) is 57.9 Å². The second kappa shape index (κ2) is 7.85. The molecule has 0 fully saturated rings. The van der Waals surface area contributed by atoms with Crippen molar-refractivity contribution in [3.05, 3.63) is 70.2 Å². The van der Waals surface area contributed by atoms with E-state index >= 15 is 0 Å². The van der Waals surface area contributed by atoms with Gasteiger partial charge >= 0.3 is 0 Å². The van der Waals surface area contributed by atoms with Gasteiger partial charge in [0.2, 0.25) is 0 Å². The highest BCUT2D eigenvalue weighted by atomic mass is 32.1. The zero-order chi connectivity index (χ0) is 18.5. The number of rotatable bonds is 5. The Bertz CT molecular complexity index is 998. The lowest BCUT2D eigenvalue weighted by atomic mass is 10.0. The lowest BCUT2D eigenvalue weighted by Gasteiger charge is -2.07. The minimum absolute atomic E-state index is 0.483. The summed E-state index contributed by atoms with van der Waals surface area (Å²) in [6.07, 6.45) is 1.67. The lowest BCUT2D eigenvalue weighted by Crippen LogP contribution is -1.94. The van der Waals surface area contributed by atoms with Gasteiger partial charge in [-0.25, -0.2) is 4.98 Å². The maximum atomic E-state index is 9.53. The van der Waals surface area contributed by atoms with Crippen LogP contribution in [0.25, 0.3) is 16.8 Å². The molecule has 0 unspecified atom stereocenters. The van der Waals surface area contributed by atoms with Gasteiger partial charge in [0.1, 0.15) is 22.4 Å². The van der Waals surface area contributed by atoms with Crippen molar-refractivity contribution in [2.75, 3.05) is 12.4 Å². The summed E-state index contributed by atoms with van der Waals surface area (Å²) in [6.45, 7) is 4.15. The van der Waals surface area contributed by atoms with E-state index in [1.54, 1.807) is 13.3 Å². The molecule has 0 amide bonds. The molecule has 0 atom stereocenters. The number of hydrogen-bond donors (Lipinski definition) is 1. The Balaban J connectivity index is 1.87. The van der Waals surface area contributed by atoms with E-state index in [2.05, 4.69) is 48.4 Å². The Hall–Kier alpha value is -3.10. The van der Waals surface area contributed by atoms with Crippen LogP contribution in [0.1, 0.15) is 16.1 Å². The molecule has 3 rings (SSSR count). The first-order valence-corrected chi connectivity index (χ1v) is 9.03. The van der Waals surface area contributed by atoms with Gasteiger partial charge in [0.05, 0.1) is 18.5 Å². The van der Waals surface area contributed by atoms with E-state index in [4.69, 9.17) is 4.74 Å². The quantitative estimate of drug-likeness (QED) is 0.617. The van der Waals surface area contributed by atoms with Crippen molar-refractivity contribution in [2.24, 2.45) is 0 Å². The van der Waals surface area contributed by atoms with Gasteiger partial charge in [0, 0.05) is 17.1 Å². The molecule has 1 N–H and O–H groups in total. The van der Waals surface area contributed by atoms with Crippen LogP contribution in [0.5, 0.6) is 5.75 Å². The number of aryl methyl sites for hydroxylation is 2. The predicted molar refractivity (Wildman–Crippen MR) is 107 cm³/mol. The number of allylic oxidation sites excluding steroid dienone is 1. The Morgan fingerprint density at radius 2 is 2.04 bits per heavy atom. The van der Waals surface area contributed by atoms with Crippen molar-refractivity contribution >= 4 is 22.6 Å². The molecule has 4 nitrogen and oxygen atoms in total. The Morgan fingerprint density at radius 3 is 2.77 bits per heavy atom. The van der Waals surface area contributed by atoms with Gasteiger partial charge in [0.15, 0.2) is 0 Å². The number of methoxy groups -OCH3 is 1. The molecule has 0 aliphatic carbocycles. The summed E-state index contributed by atoms with van der Waals surface area (Å²) in [7, 11) is 1.62. The number of thiazole rings is 1. The number of para-hydroxylation sites is 2. The van der Waals surface area contributed by atoms with E-state index < -0.39 is 0 Å². The minimum atomic E-state index is 0.483. The van der Waals surface area contributed by atoms with Crippen LogP contribution in [0.3, 0.4) is 0 Å². The zero-order valence-electron chi connectivity index (χ0n) is 14.9. The molecular formula is C21H19N3OS. The average Bonchev–Trinajstić information content (AvgIpc) is 3.12. The van der Waals surface area contributed by atoms with Crippen LogP contribution >= 0.6 is 11.3 Å². The first-order chi connectivity index (χ1) is 12.6. The van der Waals surface area contributed by atoms with Gasteiger partial charge in [-0.15, -0.1) is 11.3 Å². The Kier molecular flexibility index (Phi) is 5.35. The third-order valence-electron chi connectivity index (χ3n) is 3.99. The molecule has 26 heavy (non-hydrogen) atoms. The van der Waals surface area contributed by atoms with Crippen LogP contribution in [0.4, 0.5) is 5.69 Å². The van der Waals surface area contributed by atoms with Crippen LogP contribution in [0, 0.1) is 25.2 Å². The molecule has 0 aliphatic heterocycles. The lowest BCUT2D eigenvalue weighted by molar-refractivity contribution is 0.417. The number of hydrogen-bond acceptors (Lipinski definition) is 5. The summed E-state index contributed by atoms with van der Waals surface area (Å²) in [5.74, 6) is 0.719. The molecule has 0 bridgehead atoms. The molecule has 1 aromatic heterocycles. The fourth-order valence-electron chi connectivity index (χ4n) is 2.68. The smallest absolute Gasteiger partial charge is 0.142 e. The number of nitrogens with zero attached hydrogens (tertiary/aromatic N) is 2. The monoisotopic (exact) mass is 361 g/mol. The first kappa shape index (κ1) is 17.7. The van der Waals surface area contributed by atoms with Crippen LogP contribution < -0.4 is 10.1 Å². The SMILES string of the molecule is COc1ccccc1NC=C(C#N)c1nc(-c2ccc(C)cc2C)cs1. The zero-order valence-corrected chi connectivity index (χ0v) is 15.7. The molecule has 5 heteroatoms. The van der Waals surface area contributed by atoms with E-state index in [9.17, 15) is 5.26 Å². The van der Waals surface area contributed by atoms with Crippen molar-refractivity contribution in [2.45, 2.75) is 13.8 Å². The van der Waals surface area contributed by atoms with Crippen LogP contribution in [-0.2, 0) is 0 Å². The average molecular weight is 361 g/mol. The van der Waals surface area contributed by atoms with Crippen molar-refractivity contribution in [1.82, 2.24) is 4.98 Å². The molecule has 0 aliphatic rings. The van der Waals surface area contributed by atoms with Crippen molar-refractivity contribution in [3.8, 4) is 23.1 Å². The number of nitrogens with one attached hydrogen (secondary N) is 1. The van der Waals surface area contributed by atoms with Crippen LogP contribution in [0.15, 0.2) is 54.0 Å². The third-order valence-corrected chi connectivity index (χ3v) is 4.87. The number of aromatic nitrogens is 1. The van der Waals surface area contributed by atoms with Gasteiger partial charge in [-0.1, -0.05) is 35.9 Å². The summed E-state index contributed by atoms with van der Waals surface area (Å²) in [5.41, 5.74) is 5.66. The first-order valence-electron chi connectivity index (χ1n) is 8.15. The number of benzene rings is 2. The van der Waals surface area contributed by atoms with Gasteiger partial charge in [-0.2, -0.15) is 5.26 Å². The van der Waals surface area contributed by atoms with E-state index in [0.29, 0.717) is 10.6 Å². The van der Waals surface area contributed by atoms with E-state index in [1.165, 1.54) is 22.5 Å². The van der Waals surface area contributed by atoms with Crippen LogP contribution in [-0.4, -0.2) is 12.1 Å². The molecule has 0 saturated carbocycles. The van der Waals surface area contributed by atoms with Crippen molar-refractivity contribution in [1.29, 1.82) is 5.26 Å². The molecule has 2 aromatic carbocycles. The normalized spacial score (nSPS) is 11.1. The van der Waals surface area contributed by atoms with Gasteiger partial charge in [-0.3, -0.25) is 0 Å². The largest absolute Gasteiger partial charge is 0.495 e. The van der Waals surface area contributed by atoms with E-state index in [1.807, 2.05) is 29.6 Å². The maximum Gasteiger partial charge on any atom is 0.142 e. The molecular weight excluding hydrogens is 342 g/mol. The molecule has 1 heterocycles. The van der Waals surface area contributed by atoms with Crippen LogP contribution in [0.2, 0.25) is 0 Å². The summed E-state index contributed by atoms with van der Waals surface area (Å²) in [6, 6.07) is 16.1. The molecule has 0 radical (unpaired) electrons. The number of ether oxygens (including phenoxy) is 1. The summed E-state index contributed by atoms with van der Waals surface area (Å²) >= 11 is 1.46. The van der Waals surface area contributed by atoms with Gasteiger partial charge < -0.3 is 10.1 Å². The second-order valence-corrected chi connectivity index (χ2v) is 6.73. The van der Waals surface area contributed by atoms with Gasteiger partial charge in [-0.05, 0) is 31.5 Å². The minimum Gasteiger partial charge on any atom is -0.495 e. The van der Waals surface area contributed by atoms with E-state index in [-0.39, 0.29) is 0 Å². The molecule has 0 saturated heterocycles. The molecule has 0 spiro atoms. The van der Waals surface area contributed by atoms with Gasteiger partial charge in [0.25, 0.3) is 0 Å². The molecule has 130 valence electrons. The Labute approximate surface area is 157 Å². The summed E-state index contributed by atoms with van der Waals surface area (Å²) < 4.78 is 5.31. The fourth-order valence-corrected chi connectivity index (χ4v) is 3.46. The standard InChI is InChI=1S/C21H19N3OS/c1-14-8-9-17(15(2)10-14)19-13-26-21(24-19)16(11-22)12-23-18-6-4-5-7-20(18)25-3/h4-10,12-13,23H,1-3H3. The predicted octanol–water partition coefficient (Wildman–Crippen LogP) is 5.41. The highest BCUT2D eigenvalue weighted by Crippen LogP contribution is 2.29. The second-order valence-electron chi connectivity index (χ2n) is 5.87. The molecule has 3 aromatic rings. The van der Waals surface area contributed by atoms with Crippen molar-refractivity contribution in [3.63, 3.8) is 0 Å². The van der Waals surface area contributed by atoms with Crippen molar-refractivity contribution < 1.29 is 4.74 Å². The summed E-state index contributed by atoms with van der Waals surface area (Å²) in [4.78, 5) is 4.65. The Morgan fingerprint density at radius 1 is 1.23 bits per heavy atom.